The van der Waals surface area contributed by atoms with Crippen molar-refractivity contribution in [3.63, 3.8) is 0 Å². The van der Waals surface area contributed by atoms with Gasteiger partial charge >= 0.3 is 0 Å². The highest BCUT2D eigenvalue weighted by molar-refractivity contribution is 5.51. The van der Waals surface area contributed by atoms with Crippen LogP contribution >= 0.6 is 0 Å². The third-order valence-corrected chi connectivity index (χ3v) is 0.942. The molecule has 1 rings (SSSR count). The molecule has 0 bridgehead atoms. The number of benzene rings is 1. The lowest BCUT2D eigenvalue weighted by Crippen LogP contribution is -1.90. The molecule has 1 aromatic rings. The van der Waals surface area contributed by atoms with E-state index in [1.807, 2.05) is 0 Å². The molecule has 0 aliphatic heterocycles. The molecule has 0 saturated heterocycles. The van der Waals surface area contributed by atoms with E-state index >= 15 is 0 Å². The Labute approximate surface area is 52.3 Å². The average Bonchev–Trinajstić information content (AvgIpc) is 1.59. The number of anilines is 2. The molecule has 9 heavy (non-hydrogen) atoms. The molecular formula is C6H7FN2. The van der Waals surface area contributed by atoms with Crippen LogP contribution < -0.4 is 11.5 Å². The average molecular weight is 126 g/mol. The molecule has 0 unspecified atom stereocenters. The Hall–Kier alpha value is -1.25. The summed E-state index contributed by atoms with van der Waals surface area (Å²) in [5.74, 6) is -0.396. The van der Waals surface area contributed by atoms with Crippen molar-refractivity contribution in [1.82, 2.24) is 0 Å². The summed E-state index contributed by atoms with van der Waals surface area (Å²) < 4.78 is 12.3. The van der Waals surface area contributed by atoms with E-state index in [9.17, 15) is 4.39 Å². The van der Waals surface area contributed by atoms with Crippen molar-refractivity contribution in [2.75, 3.05) is 11.5 Å². The Morgan fingerprint density at radius 2 is 1.44 bits per heavy atom. The van der Waals surface area contributed by atoms with E-state index in [-0.39, 0.29) is 0 Å². The topological polar surface area (TPSA) is 52.0 Å². The maximum atomic E-state index is 12.3. The van der Waals surface area contributed by atoms with Gasteiger partial charge in [-0.25, -0.2) is 4.39 Å². The molecule has 0 aliphatic carbocycles. The summed E-state index contributed by atoms with van der Waals surface area (Å²) in [6.07, 6.45) is 0. The number of rotatable bonds is 0. The molecule has 2 nitrogen and oxygen atoms in total. The molecule has 0 aromatic heterocycles. The van der Waals surface area contributed by atoms with Gasteiger partial charge in [-0.05, 0) is 18.2 Å². The lowest BCUT2D eigenvalue weighted by molar-refractivity contribution is 0.629. The SMILES string of the molecule is Nc1cc(N)cc(F)c1. The van der Waals surface area contributed by atoms with Crippen LogP contribution in [0.5, 0.6) is 0 Å². The summed E-state index contributed by atoms with van der Waals surface area (Å²) in [7, 11) is 0. The van der Waals surface area contributed by atoms with Crippen LogP contribution in [0.1, 0.15) is 0 Å². The third kappa shape index (κ3) is 1.32. The first-order valence-electron chi connectivity index (χ1n) is 2.50. The highest BCUT2D eigenvalue weighted by Gasteiger charge is 1.91. The Morgan fingerprint density at radius 3 is 1.78 bits per heavy atom. The van der Waals surface area contributed by atoms with Crippen molar-refractivity contribution < 1.29 is 4.39 Å². The minimum absolute atomic E-state index is 0.354. The smallest absolute Gasteiger partial charge is 0.127 e. The molecule has 0 saturated carbocycles. The number of hydrogen-bond acceptors (Lipinski definition) is 2. The van der Waals surface area contributed by atoms with Crippen LogP contribution in [0.25, 0.3) is 0 Å². The van der Waals surface area contributed by atoms with Crippen molar-refractivity contribution in [3.05, 3.63) is 24.0 Å². The summed E-state index contributed by atoms with van der Waals surface area (Å²) in [6, 6.07) is 3.94. The number of halogens is 1. The summed E-state index contributed by atoms with van der Waals surface area (Å²) in [5, 5.41) is 0. The van der Waals surface area contributed by atoms with Crippen molar-refractivity contribution in [2.24, 2.45) is 0 Å². The normalized spacial score (nSPS) is 9.44. The van der Waals surface area contributed by atoms with Gasteiger partial charge in [0.2, 0.25) is 0 Å². The summed E-state index contributed by atoms with van der Waals surface area (Å²) in [6.45, 7) is 0. The van der Waals surface area contributed by atoms with E-state index in [1.165, 1.54) is 18.2 Å². The van der Waals surface area contributed by atoms with E-state index in [0.717, 1.165) is 0 Å². The largest absolute Gasteiger partial charge is 0.399 e. The van der Waals surface area contributed by atoms with Crippen molar-refractivity contribution in [2.45, 2.75) is 0 Å². The molecule has 0 amide bonds. The molecule has 0 radical (unpaired) electrons. The zero-order chi connectivity index (χ0) is 6.85. The predicted molar refractivity (Wildman–Crippen MR) is 35.2 cm³/mol. The quantitative estimate of drug-likeness (QED) is 0.509. The second-order valence-corrected chi connectivity index (χ2v) is 1.82. The first kappa shape index (κ1) is 5.88. The van der Waals surface area contributed by atoms with Crippen LogP contribution in [-0.2, 0) is 0 Å². The number of hydrogen-bond donors (Lipinski definition) is 2. The molecule has 48 valence electrons. The van der Waals surface area contributed by atoms with E-state index in [1.54, 1.807) is 0 Å². The Morgan fingerprint density at radius 1 is 1.00 bits per heavy atom. The van der Waals surface area contributed by atoms with Crippen LogP contribution in [0.15, 0.2) is 18.2 Å². The van der Waals surface area contributed by atoms with Crippen molar-refractivity contribution in [3.8, 4) is 0 Å². The minimum Gasteiger partial charge on any atom is -0.399 e. The highest BCUT2D eigenvalue weighted by Crippen LogP contribution is 2.10. The van der Waals surface area contributed by atoms with Crippen LogP contribution in [0, 0.1) is 5.82 Å². The zero-order valence-electron chi connectivity index (χ0n) is 4.76. The van der Waals surface area contributed by atoms with Crippen molar-refractivity contribution in [1.29, 1.82) is 0 Å². The fraction of sp³-hybridized carbons (Fsp3) is 0. The molecule has 0 atom stereocenters. The molecule has 0 fully saturated rings. The Bertz CT molecular complexity index is 172. The van der Waals surface area contributed by atoms with Crippen LogP contribution in [0.2, 0.25) is 0 Å². The molecule has 0 spiro atoms. The summed E-state index contributed by atoms with van der Waals surface area (Å²) in [4.78, 5) is 0. The van der Waals surface area contributed by atoms with Crippen LogP contribution in [-0.4, -0.2) is 0 Å². The van der Waals surface area contributed by atoms with Gasteiger partial charge in [-0.1, -0.05) is 0 Å². The number of nitrogen functional groups attached to an aromatic ring is 2. The maximum absolute atomic E-state index is 12.3. The van der Waals surface area contributed by atoms with E-state index in [0.29, 0.717) is 11.4 Å². The van der Waals surface area contributed by atoms with Gasteiger partial charge in [0, 0.05) is 11.4 Å². The second-order valence-electron chi connectivity index (χ2n) is 1.82. The highest BCUT2D eigenvalue weighted by atomic mass is 19.1. The second kappa shape index (κ2) is 1.93. The predicted octanol–water partition coefficient (Wildman–Crippen LogP) is 0.990. The van der Waals surface area contributed by atoms with Gasteiger partial charge in [-0.15, -0.1) is 0 Å². The molecular weight excluding hydrogens is 119 g/mol. The van der Waals surface area contributed by atoms with E-state index in [2.05, 4.69) is 0 Å². The Balaban J connectivity index is 3.17. The molecule has 4 N–H and O–H groups in total. The lowest BCUT2D eigenvalue weighted by atomic mass is 10.3. The Kier molecular flexibility index (Phi) is 1.26. The monoisotopic (exact) mass is 126 g/mol. The summed E-state index contributed by atoms with van der Waals surface area (Å²) >= 11 is 0. The fourth-order valence-electron chi connectivity index (χ4n) is 0.636. The third-order valence-electron chi connectivity index (χ3n) is 0.942. The van der Waals surface area contributed by atoms with Gasteiger partial charge in [0.05, 0.1) is 0 Å². The first-order valence-corrected chi connectivity index (χ1v) is 2.50. The van der Waals surface area contributed by atoms with Gasteiger partial charge in [-0.2, -0.15) is 0 Å². The van der Waals surface area contributed by atoms with Crippen LogP contribution in [0.4, 0.5) is 15.8 Å². The molecule has 1 aromatic carbocycles. The van der Waals surface area contributed by atoms with Gasteiger partial charge in [0.15, 0.2) is 0 Å². The maximum Gasteiger partial charge on any atom is 0.127 e. The van der Waals surface area contributed by atoms with Crippen LogP contribution in [0.3, 0.4) is 0 Å². The summed E-state index contributed by atoms with van der Waals surface area (Å²) in [5.41, 5.74) is 11.2. The molecule has 3 heteroatoms. The first-order chi connectivity index (χ1) is 4.18. The van der Waals surface area contributed by atoms with E-state index in [4.69, 9.17) is 11.5 Å². The van der Waals surface area contributed by atoms with Crippen molar-refractivity contribution >= 4 is 11.4 Å². The van der Waals surface area contributed by atoms with Gasteiger partial charge < -0.3 is 11.5 Å². The minimum atomic E-state index is -0.396. The molecule has 0 aliphatic rings. The fourth-order valence-corrected chi connectivity index (χ4v) is 0.636. The lowest BCUT2D eigenvalue weighted by Gasteiger charge is -1.94. The van der Waals surface area contributed by atoms with Gasteiger partial charge in [0.1, 0.15) is 5.82 Å². The van der Waals surface area contributed by atoms with Gasteiger partial charge in [-0.3, -0.25) is 0 Å². The van der Waals surface area contributed by atoms with Gasteiger partial charge in [0.25, 0.3) is 0 Å². The van der Waals surface area contributed by atoms with E-state index < -0.39 is 5.82 Å². The number of nitrogens with two attached hydrogens (primary N) is 2. The molecule has 0 heterocycles. The zero-order valence-corrected chi connectivity index (χ0v) is 4.76. The standard InChI is InChI=1S/C6H7FN2/c7-4-1-5(8)3-6(9)2-4/h1-3H,8-9H2.